The fourth-order valence-corrected chi connectivity index (χ4v) is 4.04. The van der Waals surface area contributed by atoms with Crippen molar-refractivity contribution in [3.05, 3.63) is 58.9 Å². The number of ether oxygens (including phenoxy) is 1. The molecule has 2 aliphatic rings. The van der Waals surface area contributed by atoms with E-state index in [2.05, 4.69) is 41.0 Å². The maximum Gasteiger partial charge on any atom is 0.105 e. The summed E-state index contributed by atoms with van der Waals surface area (Å²) in [4.78, 5) is 0. The minimum absolute atomic E-state index is 0.441. The second kappa shape index (κ2) is 3.65. The Labute approximate surface area is 105 Å². The Morgan fingerprint density at radius 1 is 1.18 bits per heavy atom. The largest absolute Gasteiger partial charge is 0.370 e. The zero-order chi connectivity index (χ0) is 11.2. The fourth-order valence-electron chi connectivity index (χ4n) is 2.73. The Morgan fingerprint density at radius 2 is 2.06 bits per heavy atom. The third-order valence-electron chi connectivity index (χ3n) is 3.52. The molecular weight excluding hydrogens is 230 g/mol. The highest BCUT2D eigenvalue weighted by atomic mass is 32.2. The van der Waals surface area contributed by atoms with E-state index < -0.39 is 0 Å². The molecule has 0 N–H and O–H groups in total. The van der Waals surface area contributed by atoms with Gasteiger partial charge in [0.25, 0.3) is 0 Å². The Balaban J connectivity index is 1.84. The summed E-state index contributed by atoms with van der Waals surface area (Å²) in [6, 6.07) is 13.1. The molecule has 0 saturated heterocycles. The minimum atomic E-state index is 0.441. The van der Waals surface area contributed by atoms with Gasteiger partial charge in [0, 0.05) is 17.0 Å². The fraction of sp³-hybridized carbons (Fsp3) is 0.286. The van der Waals surface area contributed by atoms with Gasteiger partial charge >= 0.3 is 0 Å². The average Bonchev–Trinajstić information content (AvgIpc) is 3.00. The van der Waals surface area contributed by atoms with Crippen molar-refractivity contribution in [2.45, 2.75) is 24.3 Å². The molecule has 1 unspecified atom stereocenters. The van der Waals surface area contributed by atoms with Crippen molar-refractivity contribution in [1.82, 2.24) is 4.57 Å². The molecule has 17 heavy (non-hydrogen) atoms. The Morgan fingerprint density at radius 3 is 2.94 bits per heavy atom. The van der Waals surface area contributed by atoms with Gasteiger partial charge in [-0.15, -0.1) is 11.8 Å². The smallest absolute Gasteiger partial charge is 0.105 e. The summed E-state index contributed by atoms with van der Waals surface area (Å²) in [5, 5.41) is 0.441. The summed E-state index contributed by atoms with van der Waals surface area (Å²) in [7, 11) is 0. The van der Waals surface area contributed by atoms with E-state index in [-0.39, 0.29) is 0 Å². The minimum Gasteiger partial charge on any atom is -0.370 e. The molecule has 0 bridgehead atoms. The summed E-state index contributed by atoms with van der Waals surface area (Å²) in [5.41, 5.74) is 5.62. The molecule has 0 spiro atoms. The van der Waals surface area contributed by atoms with Crippen LogP contribution < -0.4 is 0 Å². The summed E-state index contributed by atoms with van der Waals surface area (Å²) in [6.07, 6.45) is 0. The molecular formula is C14H13NOS. The molecule has 0 saturated carbocycles. The highest BCUT2D eigenvalue weighted by Gasteiger charge is 2.30. The van der Waals surface area contributed by atoms with Gasteiger partial charge in [-0.3, -0.25) is 0 Å². The van der Waals surface area contributed by atoms with Crippen LogP contribution in [0.15, 0.2) is 36.4 Å². The lowest BCUT2D eigenvalue weighted by Crippen LogP contribution is -2.06. The van der Waals surface area contributed by atoms with Crippen LogP contribution >= 0.6 is 11.8 Å². The maximum absolute atomic E-state index is 5.53. The maximum atomic E-state index is 5.53. The van der Waals surface area contributed by atoms with Crippen molar-refractivity contribution in [3.8, 4) is 0 Å². The molecule has 0 amide bonds. The van der Waals surface area contributed by atoms with Crippen LogP contribution in [0.25, 0.3) is 0 Å². The summed E-state index contributed by atoms with van der Waals surface area (Å²) in [5.74, 6) is 1.12. The van der Waals surface area contributed by atoms with Crippen LogP contribution in [0.3, 0.4) is 0 Å². The third kappa shape index (κ3) is 1.39. The van der Waals surface area contributed by atoms with Crippen LogP contribution in [0.1, 0.15) is 27.9 Å². The molecule has 4 rings (SSSR count). The van der Waals surface area contributed by atoms with Crippen molar-refractivity contribution in [2.75, 3.05) is 0 Å². The summed E-state index contributed by atoms with van der Waals surface area (Å²) >= 11 is 2.00. The highest BCUT2D eigenvalue weighted by Crippen LogP contribution is 2.44. The van der Waals surface area contributed by atoms with Crippen molar-refractivity contribution in [1.29, 1.82) is 0 Å². The van der Waals surface area contributed by atoms with Gasteiger partial charge in [-0.2, -0.15) is 0 Å². The average molecular weight is 243 g/mol. The number of hydrogen-bond acceptors (Lipinski definition) is 2. The second-order valence-corrected chi connectivity index (χ2v) is 5.61. The predicted molar refractivity (Wildman–Crippen MR) is 68.8 cm³/mol. The topological polar surface area (TPSA) is 14.2 Å². The molecule has 2 nitrogen and oxygen atoms in total. The first-order valence-corrected chi connectivity index (χ1v) is 6.94. The van der Waals surface area contributed by atoms with Gasteiger partial charge < -0.3 is 9.30 Å². The van der Waals surface area contributed by atoms with Crippen molar-refractivity contribution in [2.24, 2.45) is 0 Å². The van der Waals surface area contributed by atoms with Crippen LogP contribution in [0, 0.1) is 0 Å². The molecule has 1 aromatic carbocycles. The molecule has 3 heteroatoms. The number of hydrogen-bond donors (Lipinski definition) is 0. The lowest BCUT2D eigenvalue weighted by Gasteiger charge is -2.15. The van der Waals surface area contributed by atoms with Gasteiger partial charge in [-0.05, 0) is 11.6 Å². The quantitative estimate of drug-likeness (QED) is 0.763. The molecule has 2 aromatic rings. The van der Waals surface area contributed by atoms with E-state index in [0.717, 1.165) is 19.0 Å². The number of nitrogens with zero attached hydrogens (tertiary/aromatic N) is 1. The molecule has 2 aliphatic heterocycles. The van der Waals surface area contributed by atoms with Crippen molar-refractivity contribution < 1.29 is 4.74 Å². The zero-order valence-electron chi connectivity index (χ0n) is 9.43. The first-order valence-electron chi connectivity index (χ1n) is 5.89. The van der Waals surface area contributed by atoms with E-state index in [1.807, 2.05) is 11.8 Å². The van der Waals surface area contributed by atoms with Gasteiger partial charge in [-0.1, -0.05) is 30.3 Å². The number of benzene rings is 1. The summed E-state index contributed by atoms with van der Waals surface area (Å²) in [6.45, 7) is 1.57. The molecule has 0 radical (unpaired) electrons. The summed E-state index contributed by atoms with van der Waals surface area (Å²) < 4.78 is 8.01. The molecule has 3 heterocycles. The molecule has 86 valence electrons. The van der Waals surface area contributed by atoms with E-state index in [0.29, 0.717) is 5.37 Å². The predicted octanol–water partition coefficient (Wildman–Crippen LogP) is 3.31. The molecule has 1 atom stereocenters. The Kier molecular flexibility index (Phi) is 2.11. The first kappa shape index (κ1) is 9.80. The number of fused-ring (bicyclic) bond motifs is 3. The van der Waals surface area contributed by atoms with E-state index in [1.54, 1.807) is 0 Å². The Bertz CT molecular complexity index is 561. The van der Waals surface area contributed by atoms with Gasteiger partial charge in [0.15, 0.2) is 0 Å². The molecule has 0 fully saturated rings. The van der Waals surface area contributed by atoms with Crippen LogP contribution in [0.4, 0.5) is 0 Å². The normalized spacial score (nSPS) is 21.5. The number of aromatic nitrogens is 1. The lowest BCUT2D eigenvalue weighted by atomic mass is 10.2. The monoisotopic (exact) mass is 243 g/mol. The van der Waals surface area contributed by atoms with Crippen molar-refractivity contribution >= 4 is 11.8 Å². The Hall–Kier alpha value is -1.19. The molecule has 0 aliphatic carbocycles. The third-order valence-corrected chi connectivity index (χ3v) is 4.78. The number of rotatable bonds is 1. The SMILES string of the molecule is c1ccc(C2SCc3cc4c(n32)COC4)cc1. The van der Waals surface area contributed by atoms with E-state index in [4.69, 9.17) is 4.74 Å². The van der Waals surface area contributed by atoms with Crippen molar-refractivity contribution in [3.63, 3.8) is 0 Å². The lowest BCUT2D eigenvalue weighted by molar-refractivity contribution is 0.130. The van der Waals surface area contributed by atoms with Crippen LogP contribution in [0.5, 0.6) is 0 Å². The van der Waals surface area contributed by atoms with E-state index in [9.17, 15) is 0 Å². The first-order chi connectivity index (χ1) is 8.43. The van der Waals surface area contributed by atoms with Gasteiger partial charge in [-0.25, -0.2) is 0 Å². The standard InChI is InChI=1S/C14H13NOS/c1-2-4-10(5-3-1)14-15-12(9-17-14)6-11-7-16-8-13(11)15/h1-6,14H,7-9H2. The second-order valence-electron chi connectivity index (χ2n) is 4.54. The van der Waals surface area contributed by atoms with Crippen LogP contribution in [0.2, 0.25) is 0 Å². The van der Waals surface area contributed by atoms with Crippen LogP contribution in [-0.2, 0) is 23.7 Å². The van der Waals surface area contributed by atoms with Crippen LogP contribution in [-0.4, -0.2) is 4.57 Å². The van der Waals surface area contributed by atoms with E-state index in [1.165, 1.54) is 22.5 Å². The number of thioether (sulfide) groups is 1. The highest BCUT2D eigenvalue weighted by molar-refractivity contribution is 7.99. The van der Waals surface area contributed by atoms with Gasteiger partial charge in [0.05, 0.1) is 18.9 Å². The zero-order valence-corrected chi connectivity index (χ0v) is 10.2. The van der Waals surface area contributed by atoms with Gasteiger partial charge in [0.1, 0.15) is 5.37 Å². The molecule has 1 aromatic heterocycles. The van der Waals surface area contributed by atoms with Gasteiger partial charge in [0.2, 0.25) is 0 Å². The van der Waals surface area contributed by atoms with E-state index >= 15 is 0 Å².